The van der Waals surface area contributed by atoms with Crippen LogP contribution in [0.4, 0.5) is 4.39 Å². The van der Waals surface area contributed by atoms with Crippen LogP contribution < -0.4 is 5.73 Å². The van der Waals surface area contributed by atoms with E-state index < -0.39 is 15.8 Å². The van der Waals surface area contributed by atoms with Gasteiger partial charge in [0, 0.05) is 12.4 Å². The molecule has 0 fully saturated rings. The van der Waals surface area contributed by atoms with Crippen LogP contribution >= 0.6 is 23.6 Å². The maximum absolute atomic E-state index is 13.8. The Kier molecular flexibility index (Phi) is 4.67. The third kappa shape index (κ3) is 3.26. The zero-order valence-electron chi connectivity index (χ0n) is 11.0. The van der Waals surface area contributed by atoms with E-state index in [9.17, 15) is 12.8 Å². The maximum atomic E-state index is 13.8. The lowest BCUT2D eigenvalue weighted by atomic mass is 10.2. The predicted molar refractivity (Wildman–Crippen MR) is 83.1 cm³/mol. The molecule has 0 saturated heterocycles. The van der Waals surface area contributed by atoms with Crippen molar-refractivity contribution in [1.29, 1.82) is 0 Å². The first-order valence-corrected chi connectivity index (χ1v) is 8.55. The van der Waals surface area contributed by atoms with Crippen molar-refractivity contribution in [3.63, 3.8) is 0 Å². The second-order valence-electron chi connectivity index (χ2n) is 4.22. The summed E-state index contributed by atoms with van der Waals surface area (Å²) in [4.78, 5) is 3.49. The minimum atomic E-state index is -3.92. The topological polar surface area (TPSA) is 76.3 Å². The third-order valence-corrected chi connectivity index (χ3v) is 5.46. The molecule has 0 radical (unpaired) electrons. The molecule has 1 aromatic carbocycles. The number of thiocarbonyl (C=S) groups is 1. The zero-order valence-corrected chi connectivity index (χ0v) is 13.4. The molecule has 2 aromatic rings. The van der Waals surface area contributed by atoms with Gasteiger partial charge in [0.05, 0.1) is 28.2 Å². The third-order valence-electron chi connectivity index (χ3n) is 2.78. The molecule has 0 aliphatic heterocycles. The Balaban J connectivity index is 2.44. The van der Waals surface area contributed by atoms with Crippen molar-refractivity contribution in [3.8, 4) is 0 Å². The van der Waals surface area contributed by atoms with Gasteiger partial charge in [-0.05, 0) is 12.1 Å². The first-order valence-electron chi connectivity index (χ1n) is 5.75. The van der Waals surface area contributed by atoms with E-state index in [1.54, 1.807) is 10.9 Å². The quantitative estimate of drug-likeness (QED) is 0.835. The first-order chi connectivity index (χ1) is 9.84. The summed E-state index contributed by atoms with van der Waals surface area (Å²) in [6.07, 6.45) is 0. The number of rotatable bonds is 5. The normalized spacial score (nSPS) is 11.8. The Morgan fingerprint density at radius 1 is 1.52 bits per heavy atom. The van der Waals surface area contributed by atoms with Crippen molar-refractivity contribution < 1.29 is 12.8 Å². The van der Waals surface area contributed by atoms with Gasteiger partial charge in [-0.3, -0.25) is 0 Å². The fraction of sp³-hybridized carbons (Fsp3) is 0.167. The minimum Gasteiger partial charge on any atom is -0.389 e. The SMILES string of the molecule is CN(Cc1cscn1)S(=O)(=O)c1cccc(F)c1C(N)=S. The van der Waals surface area contributed by atoms with Crippen LogP contribution in [0.15, 0.2) is 34.0 Å². The number of hydrogen-bond donors (Lipinski definition) is 1. The monoisotopic (exact) mass is 345 g/mol. The molecular weight excluding hydrogens is 333 g/mol. The highest BCUT2D eigenvalue weighted by atomic mass is 32.2. The van der Waals surface area contributed by atoms with Gasteiger partial charge in [-0.2, -0.15) is 4.31 Å². The molecule has 1 heterocycles. The average Bonchev–Trinajstić information content (AvgIpc) is 2.90. The molecule has 0 atom stereocenters. The number of thiazole rings is 1. The molecule has 0 saturated carbocycles. The molecule has 1 aromatic heterocycles. The Morgan fingerprint density at radius 2 is 2.24 bits per heavy atom. The highest BCUT2D eigenvalue weighted by molar-refractivity contribution is 7.89. The molecule has 5 nitrogen and oxygen atoms in total. The van der Waals surface area contributed by atoms with Gasteiger partial charge in [0.25, 0.3) is 0 Å². The van der Waals surface area contributed by atoms with Crippen molar-refractivity contribution >= 4 is 38.6 Å². The van der Waals surface area contributed by atoms with Gasteiger partial charge in [0.15, 0.2) is 0 Å². The number of hydrogen-bond acceptors (Lipinski definition) is 5. The van der Waals surface area contributed by atoms with Gasteiger partial charge in [-0.25, -0.2) is 17.8 Å². The van der Waals surface area contributed by atoms with Crippen LogP contribution in [0.25, 0.3) is 0 Å². The van der Waals surface area contributed by atoms with E-state index in [1.807, 2.05) is 0 Å². The lowest BCUT2D eigenvalue weighted by Crippen LogP contribution is -2.29. The molecule has 0 aliphatic carbocycles. The van der Waals surface area contributed by atoms with Crippen LogP contribution in [0.5, 0.6) is 0 Å². The smallest absolute Gasteiger partial charge is 0.243 e. The standard InChI is InChI=1S/C12H12FN3O2S3/c1-16(5-8-6-20-7-15-8)21(17,18)10-4-2-3-9(13)11(10)12(14)19/h2-4,6-7H,5H2,1H3,(H2,14,19). The maximum Gasteiger partial charge on any atom is 0.243 e. The van der Waals surface area contributed by atoms with E-state index in [-0.39, 0.29) is 22.0 Å². The summed E-state index contributed by atoms with van der Waals surface area (Å²) in [5, 5.41) is 1.74. The molecule has 9 heteroatoms. The Hall–Kier alpha value is -1.42. The van der Waals surface area contributed by atoms with Crippen molar-refractivity contribution in [3.05, 3.63) is 46.2 Å². The lowest BCUT2D eigenvalue weighted by Gasteiger charge is -2.18. The van der Waals surface area contributed by atoms with Gasteiger partial charge in [-0.15, -0.1) is 11.3 Å². The number of aromatic nitrogens is 1. The molecule has 2 N–H and O–H groups in total. The second kappa shape index (κ2) is 6.14. The molecule has 0 aliphatic rings. The van der Waals surface area contributed by atoms with E-state index in [0.717, 1.165) is 10.4 Å². The van der Waals surface area contributed by atoms with E-state index in [2.05, 4.69) is 4.98 Å². The summed E-state index contributed by atoms with van der Waals surface area (Å²) in [5.41, 5.74) is 7.40. The van der Waals surface area contributed by atoms with Crippen LogP contribution in [0.1, 0.15) is 11.3 Å². The average molecular weight is 345 g/mol. The van der Waals surface area contributed by atoms with Gasteiger partial charge < -0.3 is 5.73 Å². The van der Waals surface area contributed by atoms with E-state index >= 15 is 0 Å². The summed E-state index contributed by atoms with van der Waals surface area (Å²) < 4.78 is 40.0. The highest BCUT2D eigenvalue weighted by Gasteiger charge is 2.27. The lowest BCUT2D eigenvalue weighted by molar-refractivity contribution is 0.462. The number of halogens is 1. The fourth-order valence-electron chi connectivity index (χ4n) is 1.76. The number of nitrogens with two attached hydrogens (primary N) is 1. The van der Waals surface area contributed by atoms with Crippen molar-refractivity contribution in [2.24, 2.45) is 5.73 Å². The number of benzene rings is 1. The summed E-state index contributed by atoms with van der Waals surface area (Å²) >= 11 is 6.12. The first kappa shape index (κ1) is 16.0. The molecule has 112 valence electrons. The van der Waals surface area contributed by atoms with Crippen molar-refractivity contribution in [2.45, 2.75) is 11.4 Å². The molecule has 0 bridgehead atoms. The Labute approximate surface area is 131 Å². The molecule has 0 unspecified atom stereocenters. The summed E-state index contributed by atoms with van der Waals surface area (Å²) in [6, 6.07) is 3.71. The van der Waals surface area contributed by atoms with Crippen LogP contribution in [0, 0.1) is 5.82 Å². The minimum absolute atomic E-state index is 0.0825. The molecule has 2 rings (SSSR count). The highest BCUT2D eigenvalue weighted by Crippen LogP contribution is 2.23. The zero-order chi connectivity index (χ0) is 15.6. The summed E-state index contributed by atoms with van der Waals surface area (Å²) in [5.74, 6) is -0.759. The molecular formula is C12H12FN3O2S3. The number of sulfonamides is 1. The van der Waals surface area contributed by atoms with Gasteiger partial charge in [0.2, 0.25) is 10.0 Å². The molecule has 21 heavy (non-hydrogen) atoms. The van der Waals surface area contributed by atoms with Crippen LogP contribution in [0.2, 0.25) is 0 Å². The van der Waals surface area contributed by atoms with E-state index in [1.165, 1.54) is 30.5 Å². The fourth-order valence-corrected chi connectivity index (χ4v) is 3.93. The van der Waals surface area contributed by atoms with Gasteiger partial charge >= 0.3 is 0 Å². The molecule has 0 amide bonds. The van der Waals surface area contributed by atoms with Crippen LogP contribution in [-0.2, 0) is 16.6 Å². The van der Waals surface area contributed by atoms with Crippen LogP contribution in [0.3, 0.4) is 0 Å². The predicted octanol–water partition coefficient (Wildman–Crippen LogP) is 1.74. The van der Waals surface area contributed by atoms with Gasteiger partial charge in [0.1, 0.15) is 10.8 Å². The second-order valence-corrected chi connectivity index (χ2v) is 7.39. The van der Waals surface area contributed by atoms with E-state index in [4.69, 9.17) is 18.0 Å². The van der Waals surface area contributed by atoms with E-state index in [0.29, 0.717) is 5.69 Å². The Bertz CT molecular complexity index is 760. The van der Waals surface area contributed by atoms with Crippen LogP contribution in [-0.4, -0.2) is 29.7 Å². The summed E-state index contributed by atoms with van der Waals surface area (Å²) in [7, 11) is -2.53. The van der Waals surface area contributed by atoms with Crippen molar-refractivity contribution in [2.75, 3.05) is 7.05 Å². The number of nitrogens with zero attached hydrogens (tertiary/aromatic N) is 2. The van der Waals surface area contributed by atoms with Crippen molar-refractivity contribution in [1.82, 2.24) is 9.29 Å². The molecule has 0 spiro atoms. The largest absolute Gasteiger partial charge is 0.389 e. The Morgan fingerprint density at radius 3 is 2.81 bits per heavy atom. The summed E-state index contributed by atoms with van der Waals surface area (Å²) in [6.45, 7) is 0.0825. The van der Waals surface area contributed by atoms with Gasteiger partial charge in [-0.1, -0.05) is 18.3 Å².